The first-order valence-corrected chi connectivity index (χ1v) is 4.80. The largest absolute Gasteiger partial charge is 0.403 e. The minimum absolute atomic E-state index is 0.730. The Labute approximate surface area is 87.5 Å². The van der Waals surface area contributed by atoms with E-state index in [1.807, 2.05) is 38.1 Å². The first-order chi connectivity index (χ1) is 6.66. The van der Waals surface area contributed by atoms with Gasteiger partial charge in [-0.3, -0.25) is 0 Å². The highest BCUT2D eigenvalue weighted by Gasteiger charge is 2.14. The van der Waals surface area contributed by atoms with E-state index in [1.165, 1.54) is 0 Å². The van der Waals surface area contributed by atoms with Crippen molar-refractivity contribution in [3.05, 3.63) is 40.7 Å². The minimum atomic E-state index is 0.730. The molecule has 1 aromatic heterocycles. The number of aryl methyl sites for hydroxylation is 2. The molecule has 2 nitrogen and oxygen atoms in total. The van der Waals surface area contributed by atoms with Crippen LogP contribution in [0.25, 0.3) is 11.5 Å². The smallest absolute Gasteiger partial charge is 0.379 e. The highest BCUT2D eigenvalue weighted by molar-refractivity contribution is 6.30. The molecule has 0 bridgehead atoms. The van der Waals surface area contributed by atoms with Crippen molar-refractivity contribution >= 4 is 11.6 Å². The quantitative estimate of drug-likeness (QED) is 0.708. The lowest BCUT2D eigenvalue weighted by Gasteiger charge is -1.90. The van der Waals surface area contributed by atoms with Crippen LogP contribution in [0.2, 0.25) is 5.02 Å². The molecule has 0 atom stereocenters. The van der Waals surface area contributed by atoms with Crippen LogP contribution in [0, 0.1) is 13.8 Å². The second-order valence-electron chi connectivity index (χ2n) is 3.24. The summed E-state index contributed by atoms with van der Waals surface area (Å²) >= 11 is 5.79. The lowest BCUT2D eigenvalue weighted by atomic mass is 10.2. The molecule has 0 aliphatic rings. The van der Waals surface area contributed by atoms with Gasteiger partial charge in [0.05, 0.1) is 5.56 Å². The van der Waals surface area contributed by atoms with E-state index in [9.17, 15) is 0 Å². The summed E-state index contributed by atoms with van der Waals surface area (Å²) in [5.41, 5.74) is 2.06. The van der Waals surface area contributed by atoms with Crippen LogP contribution in [0.3, 0.4) is 0 Å². The lowest BCUT2D eigenvalue weighted by Crippen LogP contribution is -2.04. The van der Waals surface area contributed by atoms with E-state index in [0.717, 1.165) is 27.9 Å². The van der Waals surface area contributed by atoms with Crippen LogP contribution in [0.4, 0.5) is 0 Å². The van der Waals surface area contributed by atoms with E-state index in [4.69, 9.17) is 16.0 Å². The van der Waals surface area contributed by atoms with Gasteiger partial charge in [0.15, 0.2) is 5.76 Å². The highest BCUT2D eigenvalue weighted by atomic mass is 35.5. The molecule has 1 aromatic carbocycles. The molecule has 0 fully saturated rings. The molecule has 14 heavy (non-hydrogen) atoms. The number of rotatable bonds is 1. The van der Waals surface area contributed by atoms with Crippen LogP contribution < -0.4 is 4.98 Å². The highest BCUT2D eigenvalue weighted by Crippen LogP contribution is 2.19. The van der Waals surface area contributed by atoms with Crippen molar-refractivity contribution in [3.8, 4) is 11.5 Å². The predicted molar refractivity (Wildman–Crippen MR) is 55.2 cm³/mol. The second kappa shape index (κ2) is 3.46. The molecule has 0 aliphatic carbocycles. The Bertz CT molecular complexity index is 425. The van der Waals surface area contributed by atoms with Gasteiger partial charge in [-0.1, -0.05) is 11.6 Å². The predicted octanol–water partition coefficient (Wildman–Crippen LogP) is 3.03. The number of hydrogen-bond donors (Lipinski definition) is 0. The number of hydrogen-bond acceptors (Lipinski definition) is 1. The average molecular weight is 209 g/mol. The molecule has 3 heteroatoms. The topological polar surface area (TPSA) is 27.3 Å². The van der Waals surface area contributed by atoms with Crippen molar-refractivity contribution in [2.24, 2.45) is 0 Å². The average Bonchev–Trinajstić information content (AvgIpc) is 2.48. The zero-order valence-electron chi connectivity index (χ0n) is 8.10. The van der Waals surface area contributed by atoms with Gasteiger partial charge in [-0.05, 0) is 24.3 Å². The Morgan fingerprint density at radius 1 is 1.14 bits per heavy atom. The third-order valence-corrected chi connectivity index (χ3v) is 2.44. The van der Waals surface area contributed by atoms with Gasteiger partial charge in [0.25, 0.3) is 0 Å². The first-order valence-electron chi connectivity index (χ1n) is 4.42. The SMILES string of the molecule is Cc1[nH+]c(-c2ccc(Cl)cc2)oc1C. The Balaban J connectivity index is 2.44. The fourth-order valence-corrected chi connectivity index (χ4v) is 1.37. The van der Waals surface area contributed by atoms with Gasteiger partial charge < -0.3 is 4.42 Å². The molecule has 0 spiro atoms. The molecule has 2 rings (SSSR count). The van der Waals surface area contributed by atoms with Crippen molar-refractivity contribution in [1.29, 1.82) is 0 Å². The van der Waals surface area contributed by atoms with Crippen molar-refractivity contribution in [2.45, 2.75) is 13.8 Å². The standard InChI is InChI=1S/C11H10ClNO/c1-7-8(2)14-11(13-7)9-3-5-10(12)6-4-9/h3-6H,1-2H3/p+1. The molecule has 0 unspecified atom stereocenters. The van der Waals surface area contributed by atoms with Gasteiger partial charge in [-0.15, -0.1) is 0 Å². The van der Waals surface area contributed by atoms with Crippen molar-refractivity contribution in [3.63, 3.8) is 0 Å². The number of benzene rings is 1. The molecule has 0 saturated heterocycles. The minimum Gasteiger partial charge on any atom is -0.403 e. The zero-order valence-corrected chi connectivity index (χ0v) is 8.85. The van der Waals surface area contributed by atoms with E-state index in [1.54, 1.807) is 0 Å². The van der Waals surface area contributed by atoms with E-state index in [0.29, 0.717) is 0 Å². The van der Waals surface area contributed by atoms with Crippen LogP contribution >= 0.6 is 11.6 Å². The van der Waals surface area contributed by atoms with Crippen molar-refractivity contribution in [1.82, 2.24) is 0 Å². The fraction of sp³-hybridized carbons (Fsp3) is 0.182. The number of aromatic amines is 1. The maximum Gasteiger partial charge on any atom is 0.379 e. The summed E-state index contributed by atoms with van der Waals surface area (Å²) in [6.45, 7) is 3.92. The third kappa shape index (κ3) is 1.66. The molecule has 0 aliphatic heterocycles. The molecule has 1 heterocycles. The van der Waals surface area contributed by atoms with Crippen LogP contribution in [0.1, 0.15) is 11.5 Å². The molecule has 0 amide bonds. The van der Waals surface area contributed by atoms with Gasteiger partial charge in [-0.2, -0.15) is 4.98 Å². The molecule has 72 valence electrons. The van der Waals surface area contributed by atoms with Crippen LogP contribution in [0.15, 0.2) is 28.7 Å². The Hall–Kier alpha value is -1.28. The molecule has 0 radical (unpaired) electrons. The summed E-state index contributed by atoms with van der Waals surface area (Å²) in [4.78, 5) is 3.17. The van der Waals surface area contributed by atoms with Crippen molar-refractivity contribution < 1.29 is 9.40 Å². The fourth-order valence-electron chi connectivity index (χ4n) is 1.25. The third-order valence-electron chi connectivity index (χ3n) is 2.19. The maximum atomic E-state index is 5.79. The summed E-state index contributed by atoms with van der Waals surface area (Å²) in [7, 11) is 0. The summed E-state index contributed by atoms with van der Waals surface area (Å²) in [6, 6.07) is 7.54. The monoisotopic (exact) mass is 208 g/mol. The number of aromatic nitrogens is 1. The second-order valence-corrected chi connectivity index (χ2v) is 3.68. The van der Waals surface area contributed by atoms with Crippen LogP contribution in [0.5, 0.6) is 0 Å². The zero-order chi connectivity index (χ0) is 10.1. The Kier molecular flexibility index (Phi) is 2.30. The van der Waals surface area contributed by atoms with Gasteiger partial charge >= 0.3 is 5.89 Å². The maximum absolute atomic E-state index is 5.79. The lowest BCUT2D eigenvalue weighted by molar-refractivity contribution is -0.377. The van der Waals surface area contributed by atoms with Gasteiger partial charge in [-0.25, -0.2) is 0 Å². The molecule has 2 aromatic rings. The van der Waals surface area contributed by atoms with Gasteiger partial charge in [0.2, 0.25) is 5.69 Å². The first kappa shape index (κ1) is 9.28. The van der Waals surface area contributed by atoms with E-state index >= 15 is 0 Å². The summed E-state index contributed by atoms with van der Waals surface area (Å²) in [5, 5.41) is 0.730. The van der Waals surface area contributed by atoms with Gasteiger partial charge in [0.1, 0.15) is 0 Å². The summed E-state index contributed by atoms with van der Waals surface area (Å²) in [6.07, 6.45) is 0. The van der Waals surface area contributed by atoms with Crippen LogP contribution in [-0.2, 0) is 0 Å². The number of nitrogens with one attached hydrogen (secondary N) is 1. The molecular weight excluding hydrogens is 198 g/mol. The number of oxazole rings is 1. The van der Waals surface area contributed by atoms with E-state index < -0.39 is 0 Å². The van der Waals surface area contributed by atoms with E-state index in [-0.39, 0.29) is 0 Å². The van der Waals surface area contributed by atoms with Crippen molar-refractivity contribution in [2.75, 3.05) is 0 Å². The van der Waals surface area contributed by atoms with Gasteiger partial charge in [0, 0.05) is 18.9 Å². The molecule has 0 saturated carbocycles. The summed E-state index contributed by atoms with van der Waals surface area (Å²) < 4.78 is 5.54. The van der Waals surface area contributed by atoms with Crippen LogP contribution in [-0.4, -0.2) is 0 Å². The molecular formula is C11H11ClNO+. The number of halogens is 1. The Morgan fingerprint density at radius 2 is 1.79 bits per heavy atom. The normalized spacial score (nSPS) is 10.5. The molecule has 1 N–H and O–H groups in total. The summed E-state index contributed by atoms with van der Waals surface area (Å²) in [5.74, 6) is 1.69. The van der Waals surface area contributed by atoms with E-state index in [2.05, 4.69) is 4.98 Å². The Morgan fingerprint density at radius 3 is 2.29 bits per heavy atom. The number of H-pyrrole nitrogens is 1.